The van der Waals surface area contributed by atoms with Gasteiger partial charge in [-0.05, 0) is 0 Å². The predicted octanol–water partition coefficient (Wildman–Crippen LogP) is 3.12. The molecule has 0 radical (unpaired) electrons. The molecule has 0 aliphatic heterocycles. The highest BCUT2D eigenvalue weighted by molar-refractivity contribution is 6.17. The van der Waals surface area contributed by atoms with E-state index in [2.05, 4.69) is 9.98 Å². The standard InChI is InChI=1S/C19H22N4O/c1-22(2)18(21-19(24)23(3)4)20-17(15-11-7-5-8-12-15)16-13-9-6-10-14-16/h5-14H,1-4H3/b21-18-. The molecule has 0 aromatic heterocycles. The van der Waals surface area contributed by atoms with Crippen molar-refractivity contribution in [3.8, 4) is 0 Å². The van der Waals surface area contributed by atoms with E-state index in [0.717, 1.165) is 16.8 Å². The summed E-state index contributed by atoms with van der Waals surface area (Å²) in [5, 5.41) is 0. The van der Waals surface area contributed by atoms with Crippen molar-refractivity contribution in [2.75, 3.05) is 28.2 Å². The first kappa shape index (κ1) is 17.4. The number of rotatable bonds is 2. The number of carbonyl (C=O) groups is 1. The van der Waals surface area contributed by atoms with Crippen molar-refractivity contribution in [1.29, 1.82) is 0 Å². The molecule has 0 N–H and O–H groups in total. The first-order chi connectivity index (χ1) is 11.5. The molecule has 0 atom stereocenters. The van der Waals surface area contributed by atoms with E-state index in [9.17, 15) is 4.79 Å². The van der Waals surface area contributed by atoms with Gasteiger partial charge in [0.25, 0.3) is 0 Å². The fourth-order valence-corrected chi connectivity index (χ4v) is 2.00. The minimum atomic E-state index is -0.345. The molecule has 0 aliphatic carbocycles. The number of urea groups is 1. The highest BCUT2D eigenvalue weighted by atomic mass is 16.2. The lowest BCUT2D eigenvalue weighted by atomic mass is 10.0. The molecule has 124 valence electrons. The molecule has 0 saturated heterocycles. The lowest BCUT2D eigenvalue weighted by molar-refractivity contribution is 0.227. The maximum Gasteiger partial charge on any atom is 0.346 e. The van der Waals surface area contributed by atoms with Gasteiger partial charge in [-0.15, -0.1) is 0 Å². The van der Waals surface area contributed by atoms with Crippen LogP contribution in [0.5, 0.6) is 0 Å². The Morgan fingerprint density at radius 3 is 1.54 bits per heavy atom. The number of guanidine groups is 1. The van der Waals surface area contributed by atoms with E-state index < -0.39 is 0 Å². The van der Waals surface area contributed by atoms with Crippen LogP contribution in [0, 0.1) is 0 Å². The Labute approximate surface area is 143 Å². The Bertz CT molecular complexity index is 693. The van der Waals surface area contributed by atoms with Gasteiger partial charge < -0.3 is 9.80 Å². The number of carbonyl (C=O) groups excluding carboxylic acids is 1. The van der Waals surface area contributed by atoms with Gasteiger partial charge in [-0.3, -0.25) is 0 Å². The maximum atomic E-state index is 12.0. The number of nitrogens with zero attached hydrogens (tertiary/aromatic N) is 4. The van der Waals surface area contributed by atoms with Crippen LogP contribution in [0.4, 0.5) is 4.79 Å². The first-order valence-electron chi connectivity index (χ1n) is 7.66. The monoisotopic (exact) mass is 322 g/mol. The van der Waals surface area contributed by atoms with E-state index in [1.807, 2.05) is 74.8 Å². The highest BCUT2D eigenvalue weighted by Gasteiger charge is 2.12. The van der Waals surface area contributed by atoms with Crippen LogP contribution in [-0.2, 0) is 0 Å². The topological polar surface area (TPSA) is 48.3 Å². The van der Waals surface area contributed by atoms with Crippen LogP contribution >= 0.6 is 0 Å². The number of aliphatic imine (C=N–C) groups is 2. The lowest BCUT2D eigenvalue weighted by Gasteiger charge is -2.15. The van der Waals surface area contributed by atoms with Gasteiger partial charge in [0.05, 0.1) is 5.71 Å². The fraction of sp³-hybridized carbons (Fsp3) is 0.211. The average molecular weight is 322 g/mol. The zero-order chi connectivity index (χ0) is 17.5. The van der Waals surface area contributed by atoms with Crippen LogP contribution in [0.15, 0.2) is 70.6 Å². The highest BCUT2D eigenvalue weighted by Crippen LogP contribution is 2.12. The molecular formula is C19H22N4O. The number of hydrogen-bond acceptors (Lipinski definition) is 1. The van der Waals surface area contributed by atoms with E-state index in [4.69, 9.17) is 0 Å². The summed E-state index contributed by atoms with van der Waals surface area (Å²) in [7, 11) is 6.97. The molecule has 0 saturated carbocycles. The van der Waals surface area contributed by atoms with Crippen molar-refractivity contribution < 1.29 is 4.79 Å². The predicted molar refractivity (Wildman–Crippen MR) is 98.7 cm³/mol. The van der Waals surface area contributed by atoms with Crippen molar-refractivity contribution >= 4 is 17.7 Å². The Kier molecular flexibility index (Phi) is 5.84. The third-order valence-electron chi connectivity index (χ3n) is 3.28. The third kappa shape index (κ3) is 4.52. The molecule has 5 nitrogen and oxygen atoms in total. The minimum absolute atomic E-state index is 0.345. The summed E-state index contributed by atoms with van der Waals surface area (Å²) < 4.78 is 0. The second kappa shape index (κ2) is 8.06. The molecule has 0 unspecified atom stereocenters. The third-order valence-corrected chi connectivity index (χ3v) is 3.28. The smallest absolute Gasteiger partial charge is 0.346 e. The summed E-state index contributed by atoms with van der Waals surface area (Å²) in [6.45, 7) is 0. The second-order valence-corrected chi connectivity index (χ2v) is 5.68. The van der Waals surface area contributed by atoms with Crippen LogP contribution in [0.2, 0.25) is 0 Å². The molecule has 24 heavy (non-hydrogen) atoms. The van der Waals surface area contributed by atoms with Gasteiger partial charge in [-0.2, -0.15) is 4.99 Å². The first-order valence-corrected chi connectivity index (χ1v) is 7.66. The van der Waals surface area contributed by atoms with Crippen molar-refractivity contribution in [3.63, 3.8) is 0 Å². The van der Waals surface area contributed by atoms with Crippen molar-refractivity contribution in [3.05, 3.63) is 71.8 Å². The number of hydrogen-bond donors (Lipinski definition) is 0. The minimum Gasteiger partial charge on any atom is -0.347 e. The Balaban J connectivity index is 2.56. The normalized spacial score (nSPS) is 10.9. The summed E-state index contributed by atoms with van der Waals surface area (Å²) in [4.78, 5) is 23.9. The molecule has 2 rings (SSSR count). The summed E-state index contributed by atoms with van der Waals surface area (Å²) in [6.07, 6.45) is 0. The average Bonchev–Trinajstić information content (AvgIpc) is 2.59. The fourth-order valence-electron chi connectivity index (χ4n) is 2.00. The molecule has 2 aromatic carbocycles. The van der Waals surface area contributed by atoms with E-state index in [1.165, 1.54) is 4.90 Å². The van der Waals surface area contributed by atoms with Gasteiger partial charge in [0.15, 0.2) is 0 Å². The van der Waals surface area contributed by atoms with Crippen LogP contribution in [0.1, 0.15) is 11.1 Å². The van der Waals surface area contributed by atoms with E-state index in [1.54, 1.807) is 19.0 Å². The van der Waals surface area contributed by atoms with E-state index in [0.29, 0.717) is 5.96 Å². The Morgan fingerprint density at radius 1 is 0.708 bits per heavy atom. The number of benzene rings is 2. The van der Waals surface area contributed by atoms with Crippen LogP contribution < -0.4 is 0 Å². The van der Waals surface area contributed by atoms with E-state index in [-0.39, 0.29) is 6.03 Å². The van der Waals surface area contributed by atoms with Crippen molar-refractivity contribution in [1.82, 2.24) is 9.80 Å². The number of amides is 2. The van der Waals surface area contributed by atoms with Crippen molar-refractivity contribution in [2.45, 2.75) is 0 Å². The molecule has 0 fully saturated rings. The Hall–Kier alpha value is -2.95. The maximum absolute atomic E-state index is 12.0. The molecule has 2 amide bonds. The largest absolute Gasteiger partial charge is 0.347 e. The zero-order valence-corrected chi connectivity index (χ0v) is 14.5. The SMILES string of the molecule is CN(C)C(=O)/N=C(/N=C(c1ccccc1)c1ccccc1)N(C)C. The summed E-state index contributed by atoms with van der Waals surface area (Å²) in [5.41, 5.74) is 2.71. The Morgan fingerprint density at radius 2 is 1.17 bits per heavy atom. The van der Waals surface area contributed by atoms with Gasteiger partial charge in [0, 0.05) is 39.3 Å². The molecule has 0 bridgehead atoms. The molecular weight excluding hydrogens is 300 g/mol. The van der Waals surface area contributed by atoms with Gasteiger partial charge in [-0.25, -0.2) is 9.79 Å². The molecule has 0 heterocycles. The lowest BCUT2D eigenvalue weighted by Crippen LogP contribution is -2.26. The van der Waals surface area contributed by atoms with Gasteiger partial charge in [0.2, 0.25) is 5.96 Å². The summed E-state index contributed by atoms with van der Waals surface area (Å²) >= 11 is 0. The molecule has 5 heteroatoms. The van der Waals surface area contributed by atoms with Crippen LogP contribution in [0.3, 0.4) is 0 Å². The summed E-state index contributed by atoms with van der Waals surface area (Å²) in [6, 6.07) is 19.4. The zero-order valence-electron chi connectivity index (χ0n) is 14.5. The van der Waals surface area contributed by atoms with E-state index >= 15 is 0 Å². The molecule has 0 aliphatic rings. The quantitative estimate of drug-likeness (QED) is 0.630. The van der Waals surface area contributed by atoms with Crippen LogP contribution in [-0.4, -0.2) is 55.7 Å². The second-order valence-electron chi connectivity index (χ2n) is 5.68. The summed E-state index contributed by atoms with van der Waals surface area (Å²) in [5.74, 6) is 0.358. The van der Waals surface area contributed by atoms with Gasteiger partial charge in [0.1, 0.15) is 0 Å². The van der Waals surface area contributed by atoms with Crippen molar-refractivity contribution in [2.24, 2.45) is 9.98 Å². The molecule has 0 spiro atoms. The van der Waals surface area contributed by atoms with Gasteiger partial charge in [-0.1, -0.05) is 60.7 Å². The van der Waals surface area contributed by atoms with Gasteiger partial charge >= 0.3 is 6.03 Å². The molecule has 2 aromatic rings. The van der Waals surface area contributed by atoms with Crippen LogP contribution in [0.25, 0.3) is 0 Å².